The van der Waals surface area contributed by atoms with Crippen molar-refractivity contribution in [3.05, 3.63) is 12.2 Å². The van der Waals surface area contributed by atoms with Gasteiger partial charge >= 0.3 is 0 Å². The SMILES string of the molecule is CC(C#N)NC1CC=CC1. The highest BCUT2D eigenvalue weighted by Crippen LogP contribution is 2.09. The van der Waals surface area contributed by atoms with Crippen molar-refractivity contribution in [2.24, 2.45) is 0 Å². The maximum atomic E-state index is 8.46. The van der Waals surface area contributed by atoms with Gasteiger partial charge in [-0.15, -0.1) is 0 Å². The van der Waals surface area contributed by atoms with Crippen LogP contribution in [-0.4, -0.2) is 12.1 Å². The molecule has 0 aromatic heterocycles. The second-order valence-corrected chi connectivity index (χ2v) is 2.66. The fourth-order valence-electron chi connectivity index (χ4n) is 1.14. The van der Waals surface area contributed by atoms with Gasteiger partial charge in [0.2, 0.25) is 0 Å². The second-order valence-electron chi connectivity index (χ2n) is 2.66. The van der Waals surface area contributed by atoms with Gasteiger partial charge in [-0.3, -0.25) is 5.32 Å². The van der Waals surface area contributed by atoms with Crippen LogP contribution in [0.5, 0.6) is 0 Å². The summed E-state index contributed by atoms with van der Waals surface area (Å²) in [4.78, 5) is 0. The third-order valence-electron chi connectivity index (χ3n) is 1.69. The first-order valence-corrected chi connectivity index (χ1v) is 3.63. The molecule has 0 aromatic carbocycles. The van der Waals surface area contributed by atoms with E-state index in [1.165, 1.54) is 0 Å². The summed E-state index contributed by atoms with van der Waals surface area (Å²) in [7, 11) is 0. The first-order valence-electron chi connectivity index (χ1n) is 3.63. The molecule has 0 fully saturated rings. The average molecular weight is 136 g/mol. The summed E-state index contributed by atoms with van der Waals surface area (Å²) >= 11 is 0. The molecule has 0 heterocycles. The maximum absolute atomic E-state index is 8.46. The van der Waals surface area contributed by atoms with Crippen molar-refractivity contribution in [1.82, 2.24) is 5.32 Å². The van der Waals surface area contributed by atoms with Crippen LogP contribution in [0.25, 0.3) is 0 Å². The molecule has 0 amide bonds. The van der Waals surface area contributed by atoms with Gasteiger partial charge in [-0.05, 0) is 19.8 Å². The lowest BCUT2D eigenvalue weighted by atomic mass is 10.2. The predicted octanol–water partition coefficient (Wildman–Crippen LogP) is 1.21. The Hall–Kier alpha value is -0.810. The van der Waals surface area contributed by atoms with Crippen LogP contribution in [0.2, 0.25) is 0 Å². The number of nitrogens with one attached hydrogen (secondary N) is 1. The lowest BCUT2D eigenvalue weighted by Crippen LogP contribution is -2.33. The Labute approximate surface area is 61.5 Å². The number of rotatable bonds is 2. The molecule has 1 aliphatic carbocycles. The van der Waals surface area contributed by atoms with E-state index in [2.05, 4.69) is 23.5 Å². The lowest BCUT2D eigenvalue weighted by Gasteiger charge is -2.12. The van der Waals surface area contributed by atoms with Crippen molar-refractivity contribution in [2.45, 2.75) is 31.8 Å². The van der Waals surface area contributed by atoms with Crippen LogP contribution in [0.3, 0.4) is 0 Å². The molecule has 0 aromatic rings. The van der Waals surface area contributed by atoms with E-state index in [1.54, 1.807) is 0 Å². The molecule has 1 unspecified atom stereocenters. The molecule has 0 spiro atoms. The fourth-order valence-corrected chi connectivity index (χ4v) is 1.14. The maximum Gasteiger partial charge on any atom is 0.0926 e. The van der Waals surface area contributed by atoms with E-state index in [-0.39, 0.29) is 6.04 Å². The Morgan fingerprint density at radius 1 is 1.60 bits per heavy atom. The number of nitriles is 1. The molecule has 0 aliphatic heterocycles. The minimum absolute atomic E-state index is 0.00935. The van der Waals surface area contributed by atoms with Crippen molar-refractivity contribution in [3.63, 3.8) is 0 Å². The molecule has 0 bridgehead atoms. The summed E-state index contributed by atoms with van der Waals surface area (Å²) in [5, 5.41) is 11.7. The lowest BCUT2D eigenvalue weighted by molar-refractivity contribution is 0.512. The van der Waals surface area contributed by atoms with E-state index in [1.807, 2.05) is 6.92 Å². The van der Waals surface area contributed by atoms with Crippen molar-refractivity contribution in [3.8, 4) is 6.07 Å². The van der Waals surface area contributed by atoms with Crippen LogP contribution in [-0.2, 0) is 0 Å². The van der Waals surface area contributed by atoms with E-state index in [0.717, 1.165) is 12.8 Å². The highest BCUT2D eigenvalue weighted by atomic mass is 14.9. The van der Waals surface area contributed by atoms with Gasteiger partial charge in [-0.1, -0.05) is 12.2 Å². The quantitative estimate of drug-likeness (QED) is 0.579. The van der Waals surface area contributed by atoms with Crippen molar-refractivity contribution in [1.29, 1.82) is 5.26 Å². The first kappa shape index (κ1) is 7.30. The zero-order valence-corrected chi connectivity index (χ0v) is 6.17. The van der Waals surface area contributed by atoms with Gasteiger partial charge in [-0.2, -0.15) is 5.26 Å². The summed E-state index contributed by atoms with van der Waals surface area (Å²) < 4.78 is 0. The van der Waals surface area contributed by atoms with Crippen molar-refractivity contribution in [2.75, 3.05) is 0 Å². The van der Waals surface area contributed by atoms with Gasteiger partial charge in [0.05, 0.1) is 12.1 Å². The standard InChI is InChI=1S/C8H12N2/c1-7(6-9)10-8-4-2-3-5-8/h2-3,7-8,10H,4-5H2,1H3. The molecule has 2 heteroatoms. The van der Waals surface area contributed by atoms with Crippen molar-refractivity contribution < 1.29 is 0 Å². The number of hydrogen-bond acceptors (Lipinski definition) is 2. The van der Waals surface area contributed by atoms with E-state index < -0.39 is 0 Å². The number of nitrogens with zero attached hydrogens (tertiary/aromatic N) is 1. The molecular weight excluding hydrogens is 124 g/mol. The van der Waals surface area contributed by atoms with Crippen LogP contribution < -0.4 is 5.32 Å². The normalized spacial score (nSPS) is 20.8. The largest absolute Gasteiger partial charge is 0.299 e. The average Bonchev–Trinajstić information content (AvgIpc) is 2.40. The zero-order valence-electron chi connectivity index (χ0n) is 6.17. The summed E-state index contributed by atoms with van der Waals surface area (Å²) in [6, 6.07) is 2.65. The van der Waals surface area contributed by atoms with Gasteiger partial charge in [-0.25, -0.2) is 0 Å². The van der Waals surface area contributed by atoms with Crippen LogP contribution in [0.4, 0.5) is 0 Å². The van der Waals surface area contributed by atoms with E-state index >= 15 is 0 Å². The Bertz CT molecular complexity index is 159. The Morgan fingerprint density at radius 2 is 2.20 bits per heavy atom. The number of hydrogen-bond donors (Lipinski definition) is 1. The molecule has 1 aliphatic rings. The van der Waals surface area contributed by atoms with Crippen LogP contribution >= 0.6 is 0 Å². The Morgan fingerprint density at radius 3 is 2.70 bits per heavy atom. The van der Waals surface area contributed by atoms with Gasteiger partial charge in [0.15, 0.2) is 0 Å². The molecule has 0 saturated heterocycles. The van der Waals surface area contributed by atoms with E-state index in [0.29, 0.717) is 6.04 Å². The minimum Gasteiger partial charge on any atom is -0.299 e. The summed E-state index contributed by atoms with van der Waals surface area (Å²) in [6.07, 6.45) is 6.46. The topological polar surface area (TPSA) is 35.8 Å². The molecular formula is C8H12N2. The second kappa shape index (κ2) is 3.38. The molecule has 0 saturated carbocycles. The third-order valence-corrected chi connectivity index (χ3v) is 1.69. The summed E-state index contributed by atoms with van der Waals surface area (Å²) in [5.74, 6) is 0. The zero-order chi connectivity index (χ0) is 7.40. The monoisotopic (exact) mass is 136 g/mol. The molecule has 1 rings (SSSR count). The molecule has 0 radical (unpaired) electrons. The minimum atomic E-state index is -0.00935. The summed E-state index contributed by atoms with van der Waals surface area (Å²) in [5.41, 5.74) is 0. The molecule has 1 atom stereocenters. The Balaban J connectivity index is 2.21. The van der Waals surface area contributed by atoms with Gasteiger partial charge in [0, 0.05) is 6.04 Å². The predicted molar refractivity (Wildman–Crippen MR) is 40.4 cm³/mol. The smallest absolute Gasteiger partial charge is 0.0926 e. The van der Waals surface area contributed by atoms with E-state index in [9.17, 15) is 0 Å². The molecule has 2 nitrogen and oxygen atoms in total. The van der Waals surface area contributed by atoms with Gasteiger partial charge in [0.25, 0.3) is 0 Å². The highest BCUT2D eigenvalue weighted by Gasteiger charge is 2.11. The Kier molecular flexibility index (Phi) is 2.47. The molecule has 54 valence electrons. The first-order chi connectivity index (χ1) is 4.83. The van der Waals surface area contributed by atoms with Crippen LogP contribution in [0.1, 0.15) is 19.8 Å². The van der Waals surface area contributed by atoms with Crippen LogP contribution in [0.15, 0.2) is 12.2 Å². The van der Waals surface area contributed by atoms with Gasteiger partial charge in [0.1, 0.15) is 0 Å². The fraction of sp³-hybridized carbons (Fsp3) is 0.625. The third kappa shape index (κ3) is 1.85. The summed E-state index contributed by atoms with van der Waals surface area (Å²) in [6.45, 7) is 1.89. The molecule has 1 N–H and O–H groups in total. The highest BCUT2D eigenvalue weighted by molar-refractivity contribution is 5.00. The van der Waals surface area contributed by atoms with Crippen LogP contribution in [0, 0.1) is 11.3 Å². The van der Waals surface area contributed by atoms with E-state index in [4.69, 9.17) is 5.26 Å². The van der Waals surface area contributed by atoms with Crippen molar-refractivity contribution >= 4 is 0 Å². The van der Waals surface area contributed by atoms with Gasteiger partial charge < -0.3 is 0 Å². The molecule has 10 heavy (non-hydrogen) atoms.